The van der Waals surface area contributed by atoms with Crippen molar-refractivity contribution in [2.45, 2.75) is 19.8 Å². The molecule has 0 aliphatic carbocycles. The molecule has 0 aliphatic rings. The fraction of sp³-hybridized carbons (Fsp3) is 0.188. The predicted molar refractivity (Wildman–Crippen MR) is 92.3 cm³/mol. The van der Waals surface area contributed by atoms with Crippen molar-refractivity contribution in [1.82, 2.24) is 9.55 Å². The second kappa shape index (κ2) is 5.35. The van der Waals surface area contributed by atoms with Crippen molar-refractivity contribution in [3.8, 4) is 5.69 Å². The summed E-state index contributed by atoms with van der Waals surface area (Å²) in [7, 11) is 0. The lowest BCUT2D eigenvalue weighted by Gasteiger charge is -2.12. The van der Waals surface area contributed by atoms with Gasteiger partial charge in [0.2, 0.25) is 0 Å². The summed E-state index contributed by atoms with van der Waals surface area (Å²) < 4.78 is 3.02. The Bertz CT molecular complexity index is 824. The number of imidazole rings is 1. The van der Waals surface area contributed by atoms with Crippen LogP contribution in [-0.2, 0) is 0 Å². The predicted octanol–water partition coefficient (Wildman–Crippen LogP) is 5.15. The minimum atomic E-state index is 0.293. The van der Waals surface area contributed by atoms with Crippen LogP contribution in [-0.4, -0.2) is 9.55 Å². The van der Waals surface area contributed by atoms with Crippen LogP contribution in [0.2, 0.25) is 5.02 Å². The first kappa shape index (κ1) is 14.4. The maximum atomic E-state index is 6.24. The van der Waals surface area contributed by atoms with E-state index in [1.165, 1.54) is 0 Å². The Hall–Kier alpha value is -1.52. The molecule has 3 aromatic rings. The summed E-state index contributed by atoms with van der Waals surface area (Å²) in [5.41, 5.74) is 9.52. The zero-order valence-electron chi connectivity index (χ0n) is 11.8. The molecule has 2 aromatic carbocycles. The molecule has 1 aromatic heterocycles. The van der Waals surface area contributed by atoms with Crippen molar-refractivity contribution < 1.29 is 0 Å². The van der Waals surface area contributed by atoms with E-state index in [0.717, 1.165) is 32.7 Å². The zero-order valence-corrected chi connectivity index (χ0v) is 14.1. The van der Waals surface area contributed by atoms with Gasteiger partial charge in [-0.05, 0) is 52.3 Å². The molecule has 0 bridgehead atoms. The Morgan fingerprint density at radius 3 is 2.62 bits per heavy atom. The number of fused-ring (bicyclic) bond motifs is 1. The number of hydrogen-bond acceptors (Lipinski definition) is 2. The third-order valence-electron chi connectivity index (χ3n) is 3.38. The number of benzene rings is 2. The molecule has 3 rings (SSSR count). The molecular formula is C16H15BrClN3. The van der Waals surface area contributed by atoms with Crippen LogP contribution in [0.5, 0.6) is 0 Å². The summed E-state index contributed by atoms with van der Waals surface area (Å²) in [5.74, 6) is 1.29. The highest BCUT2D eigenvalue weighted by Gasteiger charge is 2.16. The van der Waals surface area contributed by atoms with Crippen molar-refractivity contribution in [3.05, 3.63) is 51.7 Å². The van der Waals surface area contributed by atoms with Crippen LogP contribution in [0.15, 0.2) is 40.9 Å². The van der Waals surface area contributed by atoms with Crippen LogP contribution in [0.25, 0.3) is 16.7 Å². The lowest BCUT2D eigenvalue weighted by atomic mass is 10.2. The van der Waals surface area contributed by atoms with Crippen LogP contribution in [0, 0.1) is 0 Å². The highest BCUT2D eigenvalue weighted by Crippen LogP contribution is 2.30. The van der Waals surface area contributed by atoms with Crippen molar-refractivity contribution in [2.75, 3.05) is 5.73 Å². The number of rotatable bonds is 2. The molecule has 21 heavy (non-hydrogen) atoms. The third kappa shape index (κ3) is 2.54. The van der Waals surface area contributed by atoms with Gasteiger partial charge in [-0.25, -0.2) is 4.98 Å². The Balaban J connectivity index is 2.33. The summed E-state index contributed by atoms with van der Waals surface area (Å²) in [6, 6.07) is 11.7. The quantitative estimate of drug-likeness (QED) is 0.639. The molecule has 0 aliphatic heterocycles. The lowest BCUT2D eigenvalue weighted by molar-refractivity contribution is 0.760. The van der Waals surface area contributed by atoms with Gasteiger partial charge in [0.25, 0.3) is 0 Å². The number of aromatic nitrogens is 2. The molecule has 0 amide bonds. The molecule has 1 heterocycles. The minimum absolute atomic E-state index is 0.293. The molecule has 2 N–H and O–H groups in total. The summed E-state index contributed by atoms with van der Waals surface area (Å²) in [5, 5.41) is 0.680. The van der Waals surface area contributed by atoms with Gasteiger partial charge in [-0.1, -0.05) is 25.4 Å². The van der Waals surface area contributed by atoms with Gasteiger partial charge in [0, 0.05) is 21.8 Å². The third-order valence-corrected chi connectivity index (χ3v) is 4.61. The number of anilines is 1. The normalized spacial score (nSPS) is 11.5. The SMILES string of the molecule is CC(C)c1nc2cc(N)ccc2n1-c1ccc(Br)c(Cl)c1. The topological polar surface area (TPSA) is 43.8 Å². The van der Waals surface area contributed by atoms with E-state index in [1.807, 2.05) is 36.4 Å². The highest BCUT2D eigenvalue weighted by molar-refractivity contribution is 9.10. The highest BCUT2D eigenvalue weighted by atomic mass is 79.9. The van der Waals surface area contributed by atoms with Crippen LogP contribution in [0.1, 0.15) is 25.6 Å². The van der Waals surface area contributed by atoms with Gasteiger partial charge in [-0.15, -0.1) is 0 Å². The number of nitrogens with zero attached hydrogens (tertiary/aromatic N) is 2. The van der Waals surface area contributed by atoms with E-state index in [9.17, 15) is 0 Å². The van der Waals surface area contributed by atoms with E-state index in [4.69, 9.17) is 22.3 Å². The van der Waals surface area contributed by atoms with E-state index in [-0.39, 0.29) is 0 Å². The average Bonchev–Trinajstić information content (AvgIpc) is 2.80. The van der Waals surface area contributed by atoms with Crippen LogP contribution in [0.3, 0.4) is 0 Å². The summed E-state index contributed by atoms with van der Waals surface area (Å²) in [6.45, 7) is 4.25. The summed E-state index contributed by atoms with van der Waals surface area (Å²) in [6.07, 6.45) is 0. The molecule has 3 nitrogen and oxygen atoms in total. The Labute approximate surface area is 136 Å². The van der Waals surface area contributed by atoms with E-state index in [0.29, 0.717) is 10.9 Å². The van der Waals surface area contributed by atoms with Gasteiger partial charge in [0.1, 0.15) is 5.82 Å². The molecule has 0 fully saturated rings. The molecule has 5 heteroatoms. The zero-order chi connectivity index (χ0) is 15.1. The molecule has 0 spiro atoms. The number of nitrogen functional groups attached to an aromatic ring is 1. The van der Waals surface area contributed by atoms with E-state index >= 15 is 0 Å². The molecule has 0 radical (unpaired) electrons. The monoisotopic (exact) mass is 363 g/mol. The fourth-order valence-corrected chi connectivity index (χ4v) is 2.82. The minimum Gasteiger partial charge on any atom is -0.399 e. The number of nitrogens with two attached hydrogens (primary N) is 1. The second-order valence-corrected chi connectivity index (χ2v) is 6.57. The number of hydrogen-bond donors (Lipinski definition) is 1. The van der Waals surface area contributed by atoms with E-state index in [1.54, 1.807) is 0 Å². The maximum Gasteiger partial charge on any atom is 0.117 e. The molecule has 0 saturated heterocycles. The first-order chi connectivity index (χ1) is 9.97. The summed E-state index contributed by atoms with van der Waals surface area (Å²) >= 11 is 9.66. The molecule has 0 saturated carbocycles. The second-order valence-electron chi connectivity index (χ2n) is 5.31. The molecule has 108 valence electrons. The van der Waals surface area contributed by atoms with Gasteiger partial charge in [-0.2, -0.15) is 0 Å². The van der Waals surface area contributed by atoms with E-state index < -0.39 is 0 Å². The smallest absolute Gasteiger partial charge is 0.117 e. The summed E-state index contributed by atoms with van der Waals surface area (Å²) in [4.78, 5) is 4.73. The number of halogens is 2. The van der Waals surface area contributed by atoms with E-state index in [2.05, 4.69) is 34.3 Å². The van der Waals surface area contributed by atoms with Crippen molar-refractivity contribution in [3.63, 3.8) is 0 Å². The Morgan fingerprint density at radius 2 is 1.95 bits per heavy atom. The van der Waals surface area contributed by atoms with Gasteiger partial charge in [-0.3, -0.25) is 4.57 Å². The van der Waals surface area contributed by atoms with Gasteiger partial charge in [0.15, 0.2) is 0 Å². The first-order valence-electron chi connectivity index (χ1n) is 6.70. The van der Waals surface area contributed by atoms with Crippen molar-refractivity contribution in [2.24, 2.45) is 0 Å². The van der Waals surface area contributed by atoms with Crippen LogP contribution in [0.4, 0.5) is 5.69 Å². The van der Waals surface area contributed by atoms with Crippen molar-refractivity contribution in [1.29, 1.82) is 0 Å². The maximum absolute atomic E-state index is 6.24. The van der Waals surface area contributed by atoms with Crippen molar-refractivity contribution >= 4 is 44.3 Å². The Kier molecular flexibility index (Phi) is 3.68. The van der Waals surface area contributed by atoms with Gasteiger partial charge >= 0.3 is 0 Å². The molecule has 0 unspecified atom stereocenters. The average molecular weight is 365 g/mol. The van der Waals surface area contributed by atoms with Gasteiger partial charge < -0.3 is 5.73 Å². The Morgan fingerprint density at radius 1 is 1.19 bits per heavy atom. The molecule has 0 atom stereocenters. The standard InChI is InChI=1S/C16H15BrClN3/c1-9(2)16-20-14-7-10(19)3-6-15(14)21(16)11-4-5-12(17)13(18)8-11/h3-9H,19H2,1-2H3. The van der Waals surface area contributed by atoms with Crippen LogP contribution < -0.4 is 5.73 Å². The van der Waals surface area contributed by atoms with Crippen LogP contribution >= 0.6 is 27.5 Å². The lowest BCUT2D eigenvalue weighted by Crippen LogP contribution is -2.03. The van der Waals surface area contributed by atoms with Gasteiger partial charge in [0.05, 0.1) is 16.1 Å². The first-order valence-corrected chi connectivity index (χ1v) is 7.88. The molecular weight excluding hydrogens is 350 g/mol. The largest absolute Gasteiger partial charge is 0.399 e. The fourth-order valence-electron chi connectivity index (χ4n) is 2.40.